The first kappa shape index (κ1) is 12.2. The molecule has 0 aromatic carbocycles. The zero-order chi connectivity index (χ0) is 11.0. The van der Waals surface area contributed by atoms with Gasteiger partial charge in [0.1, 0.15) is 0 Å². The Hall–Kier alpha value is -1.79. The Morgan fingerprint density at radius 2 is 1.86 bits per heavy atom. The van der Waals surface area contributed by atoms with E-state index in [9.17, 15) is 14.4 Å². The molecule has 0 saturated carbocycles. The van der Waals surface area contributed by atoms with Crippen molar-refractivity contribution in [2.45, 2.75) is 19.8 Å². The van der Waals surface area contributed by atoms with E-state index >= 15 is 0 Å². The number of nitrogens with one attached hydrogen (secondary N) is 2. The van der Waals surface area contributed by atoms with Gasteiger partial charge in [0.25, 0.3) is 0 Å². The molecule has 0 fully saturated rings. The molecule has 3 amide bonds. The quantitative estimate of drug-likeness (QED) is 0.510. The standard InChI is InChI=1S/C7H13N3O4/c1-2-14-7(13)10-9-6(12)4-3-5(8)11/h2-4H2,1H3,(H2,8,11)(H,9,12)(H,10,13). The van der Waals surface area contributed by atoms with Crippen LogP contribution in [-0.2, 0) is 14.3 Å². The summed E-state index contributed by atoms with van der Waals surface area (Å²) in [7, 11) is 0. The lowest BCUT2D eigenvalue weighted by Gasteiger charge is -2.05. The highest BCUT2D eigenvalue weighted by Gasteiger charge is 2.05. The van der Waals surface area contributed by atoms with E-state index in [1.807, 2.05) is 5.43 Å². The number of nitrogens with two attached hydrogens (primary N) is 1. The van der Waals surface area contributed by atoms with E-state index in [2.05, 4.69) is 10.2 Å². The second-order valence-electron chi connectivity index (χ2n) is 2.36. The molecule has 0 aromatic rings. The molecule has 14 heavy (non-hydrogen) atoms. The van der Waals surface area contributed by atoms with Gasteiger partial charge >= 0.3 is 6.09 Å². The minimum absolute atomic E-state index is 0.0592. The first-order valence-electron chi connectivity index (χ1n) is 4.06. The van der Waals surface area contributed by atoms with Crippen LogP contribution in [0.15, 0.2) is 0 Å². The Bertz CT molecular complexity index is 229. The molecule has 0 bridgehead atoms. The Balaban J connectivity index is 3.53. The van der Waals surface area contributed by atoms with E-state index < -0.39 is 17.9 Å². The van der Waals surface area contributed by atoms with Crippen molar-refractivity contribution in [2.24, 2.45) is 5.73 Å². The molecular weight excluding hydrogens is 190 g/mol. The average Bonchev–Trinajstić information content (AvgIpc) is 2.12. The van der Waals surface area contributed by atoms with Crippen molar-refractivity contribution in [2.75, 3.05) is 6.61 Å². The maximum Gasteiger partial charge on any atom is 0.426 e. The maximum absolute atomic E-state index is 10.9. The summed E-state index contributed by atoms with van der Waals surface area (Å²) in [6.07, 6.45) is -0.877. The van der Waals surface area contributed by atoms with Crippen LogP contribution >= 0.6 is 0 Å². The molecule has 0 aromatic heterocycles. The van der Waals surface area contributed by atoms with Crippen molar-refractivity contribution < 1.29 is 19.1 Å². The normalized spacial score (nSPS) is 8.93. The molecule has 0 saturated heterocycles. The van der Waals surface area contributed by atoms with E-state index in [4.69, 9.17) is 5.73 Å². The highest BCUT2D eigenvalue weighted by Crippen LogP contribution is 1.85. The second-order valence-corrected chi connectivity index (χ2v) is 2.36. The summed E-state index contributed by atoms with van der Waals surface area (Å²) in [5.41, 5.74) is 8.86. The van der Waals surface area contributed by atoms with Gasteiger partial charge in [-0.25, -0.2) is 10.2 Å². The number of hydrazine groups is 1. The zero-order valence-corrected chi connectivity index (χ0v) is 7.83. The first-order valence-corrected chi connectivity index (χ1v) is 4.06. The van der Waals surface area contributed by atoms with Gasteiger partial charge in [-0.15, -0.1) is 0 Å². The topological polar surface area (TPSA) is 111 Å². The van der Waals surface area contributed by atoms with E-state index in [1.165, 1.54) is 0 Å². The maximum atomic E-state index is 10.9. The number of primary amides is 1. The molecule has 0 heterocycles. The average molecular weight is 203 g/mol. The van der Waals surface area contributed by atoms with Gasteiger partial charge in [-0.05, 0) is 6.92 Å². The van der Waals surface area contributed by atoms with Crippen molar-refractivity contribution in [1.29, 1.82) is 0 Å². The zero-order valence-electron chi connectivity index (χ0n) is 7.83. The minimum atomic E-state index is -0.750. The van der Waals surface area contributed by atoms with Gasteiger partial charge in [0.05, 0.1) is 6.61 Å². The number of amides is 3. The van der Waals surface area contributed by atoms with Crippen molar-refractivity contribution >= 4 is 17.9 Å². The predicted molar refractivity (Wildman–Crippen MR) is 46.7 cm³/mol. The molecule has 80 valence electrons. The Kier molecular flexibility index (Phi) is 5.84. The molecule has 0 spiro atoms. The molecule has 0 rings (SSSR count). The third-order valence-electron chi connectivity index (χ3n) is 1.18. The van der Waals surface area contributed by atoms with Gasteiger partial charge in [0, 0.05) is 12.8 Å². The van der Waals surface area contributed by atoms with Crippen molar-refractivity contribution in [3.63, 3.8) is 0 Å². The number of hydrogen-bond donors (Lipinski definition) is 3. The fraction of sp³-hybridized carbons (Fsp3) is 0.571. The summed E-state index contributed by atoms with van der Waals surface area (Å²) in [5, 5.41) is 0. The second kappa shape index (κ2) is 6.70. The monoisotopic (exact) mass is 203 g/mol. The Morgan fingerprint density at radius 1 is 1.21 bits per heavy atom. The smallest absolute Gasteiger partial charge is 0.426 e. The summed E-state index contributed by atoms with van der Waals surface area (Å²) in [6.45, 7) is 1.84. The lowest BCUT2D eigenvalue weighted by Crippen LogP contribution is -2.42. The van der Waals surface area contributed by atoms with Gasteiger partial charge < -0.3 is 10.5 Å². The number of carbonyl (C=O) groups is 3. The molecule has 7 heteroatoms. The number of rotatable bonds is 4. The van der Waals surface area contributed by atoms with Gasteiger partial charge in [-0.3, -0.25) is 15.0 Å². The van der Waals surface area contributed by atoms with Crippen LogP contribution in [0.4, 0.5) is 4.79 Å². The summed E-state index contributed by atoms with van der Waals surface area (Å²) >= 11 is 0. The third kappa shape index (κ3) is 6.89. The predicted octanol–water partition coefficient (Wildman–Crippen LogP) is -0.971. The van der Waals surface area contributed by atoms with E-state index in [-0.39, 0.29) is 19.4 Å². The van der Waals surface area contributed by atoms with E-state index in [1.54, 1.807) is 6.92 Å². The van der Waals surface area contributed by atoms with Gasteiger partial charge in [0.2, 0.25) is 11.8 Å². The summed E-state index contributed by atoms with van der Waals surface area (Å²) in [4.78, 5) is 31.8. The summed E-state index contributed by atoms with van der Waals surface area (Å²) in [5.74, 6) is -1.08. The molecule has 0 aliphatic heterocycles. The van der Waals surface area contributed by atoms with E-state index in [0.29, 0.717) is 0 Å². The Morgan fingerprint density at radius 3 is 2.36 bits per heavy atom. The van der Waals surface area contributed by atoms with Crippen LogP contribution in [0.2, 0.25) is 0 Å². The summed E-state index contributed by atoms with van der Waals surface area (Å²) < 4.78 is 4.46. The molecule has 0 unspecified atom stereocenters. The lowest BCUT2D eigenvalue weighted by atomic mass is 10.3. The van der Waals surface area contributed by atoms with Gasteiger partial charge in [-0.2, -0.15) is 0 Å². The molecule has 0 aliphatic rings. The van der Waals surface area contributed by atoms with Gasteiger partial charge in [-0.1, -0.05) is 0 Å². The third-order valence-corrected chi connectivity index (χ3v) is 1.18. The molecule has 0 aliphatic carbocycles. The van der Waals surface area contributed by atoms with Gasteiger partial charge in [0.15, 0.2) is 0 Å². The largest absolute Gasteiger partial charge is 0.449 e. The van der Waals surface area contributed by atoms with Crippen LogP contribution < -0.4 is 16.6 Å². The number of ether oxygens (including phenoxy) is 1. The first-order chi connectivity index (χ1) is 6.56. The van der Waals surface area contributed by atoms with Crippen LogP contribution in [0.25, 0.3) is 0 Å². The van der Waals surface area contributed by atoms with Crippen LogP contribution in [0, 0.1) is 0 Å². The molecule has 4 N–H and O–H groups in total. The SMILES string of the molecule is CCOC(=O)NNC(=O)CCC(N)=O. The number of hydrogen-bond acceptors (Lipinski definition) is 4. The van der Waals surface area contributed by atoms with Crippen LogP contribution in [0.5, 0.6) is 0 Å². The highest BCUT2D eigenvalue weighted by atomic mass is 16.5. The van der Waals surface area contributed by atoms with Crippen LogP contribution in [-0.4, -0.2) is 24.5 Å². The van der Waals surface area contributed by atoms with E-state index in [0.717, 1.165) is 0 Å². The highest BCUT2D eigenvalue weighted by molar-refractivity contribution is 5.83. The van der Waals surface area contributed by atoms with Crippen LogP contribution in [0.1, 0.15) is 19.8 Å². The fourth-order valence-electron chi connectivity index (χ4n) is 0.587. The molecular formula is C7H13N3O4. The van der Waals surface area contributed by atoms with Crippen molar-refractivity contribution in [3.8, 4) is 0 Å². The lowest BCUT2D eigenvalue weighted by molar-refractivity contribution is -0.125. The fourth-order valence-corrected chi connectivity index (χ4v) is 0.587. The molecule has 7 nitrogen and oxygen atoms in total. The number of carbonyl (C=O) groups excluding carboxylic acids is 3. The molecule has 0 atom stereocenters. The Labute approximate surface area is 80.9 Å². The molecule has 0 radical (unpaired) electrons. The minimum Gasteiger partial charge on any atom is -0.449 e. The van der Waals surface area contributed by atoms with Crippen molar-refractivity contribution in [1.82, 2.24) is 10.9 Å². The summed E-state index contributed by atoms with van der Waals surface area (Å²) in [6, 6.07) is 0. The van der Waals surface area contributed by atoms with Crippen LogP contribution in [0.3, 0.4) is 0 Å². The van der Waals surface area contributed by atoms with Crippen molar-refractivity contribution in [3.05, 3.63) is 0 Å².